The molecule has 1 amide bonds. The number of amides is 1. The molecule has 86 valence electrons. The van der Waals surface area contributed by atoms with Crippen molar-refractivity contribution in [2.45, 2.75) is 26.3 Å². The number of nitrogens with one attached hydrogen (secondary N) is 1. The number of rotatable bonds is 4. The van der Waals surface area contributed by atoms with Gasteiger partial charge in [-0.15, -0.1) is 0 Å². The highest BCUT2D eigenvalue weighted by Gasteiger charge is 2.14. The van der Waals surface area contributed by atoms with Crippen LogP contribution in [0.1, 0.15) is 19.4 Å². The number of hydrogen-bond acceptors (Lipinski definition) is 3. The predicted molar refractivity (Wildman–Crippen MR) is 62.6 cm³/mol. The summed E-state index contributed by atoms with van der Waals surface area (Å²) in [5.41, 5.74) is 1.59. The Kier molecular flexibility index (Phi) is 4.51. The van der Waals surface area contributed by atoms with Crippen LogP contribution < -0.4 is 5.32 Å². The highest BCUT2D eigenvalue weighted by molar-refractivity contribution is 5.90. The van der Waals surface area contributed by atoms with Crippen molar-refractivity contribution in [3.8, 4) is 0 Å². The molecule has 0 aromatic heterocycles. The standard InChI is InChI=1S/C12H16N2O2/c1-9(14-16)12(13-10(2)15)8-11-6-4-3-5-7-11/h3-7,12,16H,8H2,1-2H3,(H,13,15)/b14-9-. The molecule has 0 aliphatic rings. The highest BCUT2D eigenvalue weighted by Crippen LogP contribution is 2.04. The van der Waals surface area contributed by atoms with Crippen molar-refractivity contribution >= 4 is 11.6 Å². The molecule has 1 aromatic rings. The molecule has 1 aromatic carbocycles. The molecule has 16 heavy (non-hydrogen) atoms. The van der Waals surface area contributed by atoms with Gasteiger partial charge >= 0.3 is 0 Å². The number of oxime groups is 1. The second-order valence-electron chi connectivity index (χ2n) is 3.68. The summed E-state index contributed by atoms with van der Waals surface area (Å²) in [6.07, 6.45) is 0.621. The SMILES string of the molecule is CC(=O)NC(Cc1ccccc1)/C(C)=N\O. The Balaban J connectivity index is 2.75. The Morgan fingerprint density at radius 2 is 2.00 bits per heavy atom. The van der Waals surface area contributed by atoms with Crippen LogP contribution in [-0.2, 0) is 11.2 Å². The fourth-order valence-electron chi connectivity index (χ4n) is 1.47. The number of nitrogens with zero attached hydrogens (tertiary/aromatic N) is 1. The van der Waals surface area contributed by atoms with Gasteiger partial charge in [0.2, 0.25) is 5.91 Å². The topological polar surface area (TPSA) is 61.7 Å². The second kappa shape index (κ2) is 5.90. The van der Waals surface area contributed by atoms with Crippen LogP contribution in [0, 0.1) is 0 Å². The largest absolute Gasteiger partial charge is 0.411 e. The maximum absolute atomic E-state index is 11.0. The Morgan fingerprint density at radius 1 is 1.38 bits per heavy atom. The molecule has 4 nitrogen and oxygen atoms in total. The van der Waals surface area contributed by atoms with Gasteiger partial charge in [0.15, 0.2) is 0 Å². The van der Waals surface area contributed by atoms with Crippen LogP contribution in [0.3, 0.4) is 0 Å². The molecule has 0 bridgehead atoms. The zero-order valence-corrected chi connectivity index (χ0v) is 9.47. The molecule has 0 fully saturated rings. The lowest BCUT2D eigenvalue weighted by Crippen LogP contribution is -2.40. The molecule has 0 aliphatic carbocycles. The first-order valence-electron chi connectivity index (χ1n) is 5.13. The third-order valence-electron chi connectivity index (χ3n) is 2.32. The molecule has 1 atom stereocenters. The zero-order valence-electron chi connectivity index (χ0n) is 9.47. The van der Waals surface area contributed by atoms with Gasteiger partial charge in [-0.3, -0.25) is 4.79 Å². The van der Waals surface area contributed by atoms with Crippen LogP contribution >= 0.6 is 0 Å². The maximum atomic E-state index is 11.0. The average molecular weight is 220 g/mol. The van der Waals surface area contributed by atoms with E-state index in [9.17, 15) is 4.79 Å². The number of hydrogen-bond donors (Lipinski definition) is 2. The summed E-state index contributed by atoms with van der Waals surface area (Å²) in [6.45, 7) is 3.13. The van der Waals surface area contributed by atoms with Crippen LogP contribution in [0.2, 0.25) is 0 Å². The molecule has 0 aliphatic heterocycles. The van der Waals surface area contributed by atoms with E-state index in [4.69, 9.17) is 5.21 Å². The van der Waals surface area contributed by atoms with Gasteiger partial charge in [0.1, 0.15) is 0 Å². The van der Waals surface area contributed by atoms with E-state index in [1.54, 1.807) is 6.92 Å². The Bertz CT molecular complexity index is 374. The molecule has 1 unspecified atom stereocenters. The minimum Gasteiger partial charge on any atom is -0.411 e. The summed E-state index contributed by atoms with van der Waals surface area (Å²) in [7, 11) is 0. The van der Waals surface area contributed by atoms with E-state index in [0.29, 0.717) is 12.1 Å². The lowest BCUT2D eigenvalue weighted by Gasteiger charge is -2.16. The van der Waals surface area contributed by atoms with Gasteiger partial charge < -0.3 is 10.5 Å². The lowest BCUT2D eigenvalue weighted by atomic mass is 10.0. The van der Waals surface area contributed by atoms with E-state index in [2.05, 4.69) is 10.5 Å². The van der Waals surface area contributed by atoms with Crippen molar-refractivity contribution in [2.75, 3.05) is 0 Å². The number of carbonyl (C=O) groups is 1. The third kappa shape index (κ3) is 3.73. The predicted octanol–water partition coefficient (Wildman–Crippen LogP) is 1.58. The summed E-state index contributed by atoms with van der Waals surface area (Å²) < 4.78 is 0. The summed E-state index contributed by atoms with van der Waals surface area (Å²) in [4.78, 5) is 11.0. The molecule has 0 saturated heterocycles. The first-order chi connectivity index (χ1) is 7.63. The normalized spacial score (nSPS) is 13.2. The van der Waals surface area contributed by atoms with E-state index < -0.39 is 0 Å². The highest BCUT2D eigenvalue weighted by atomic mass is 16.4. The van der Waals surface area contributed by atoms with Gasteiger partial charge in [-0.2, -0.15) is 0 Å². The molecule has 1 rings (SSSR count). The first-order valence-corrected chi connectivity index (χ1v) is 5.13. The minimum atomic E-state index is -0.259. The van der Waals surface area contributed by atoms with Crippen LogP contribution in [0.4, 0.5) is 0 Å². The van der Waals surface area contributed by atoms with Gasteiger partial charge in [-0.1, -0.05) is 35.5 Å². The Labute approximate surface area is 95.0 Å². The molecule has 2 N–H and O–H groups in total. The molecule has 0 radical (unpaired) electrons. The van der Waals surface area contributed by atoms with Crippen molar-refractivity contribution in [1.82, 2.24) is 5.32 Å². The summed E-state index contributed by atoms with van der Waals surface area (Å²) in [5, 5.41) is 14.6. The lowest BCUT2D eigenvalue weighted by molar-refractivity contribution is -0.119. The number of benzene rings is 1. The molecule has 0 spiro atoms. The van der Waals surface area contributed by atoms with Crippen molar-refractivity contribution in [3.63, 3.8) is 0 Å². The summed E-state index contributed by atoms with van der Waals surface area (Å²) in [5.74, 6) is -0.135. The van der Waals surface area contributed by atoms with Gasteiger partial charge in [0.25, 0.3) is 0 Å². The van der Waals surface area contributed by atoms with Gasteiger partial charge in [-0.05, 0) is 18.9 Å². The summed E-state index contributed by atoms with van der Waals surface area (Å²) in [6, 6.07) is 9.49. The van der Waals surface area contributed by atoms with Gasteiger partial charge in [0, 0.05) is 6.92 Å². The molecular formula is C12H16N2O2. The smallest absolute Gasteiger partial charge is 0.217 e. The van der Waals surface area contributed by atoms with E-state index in [-0.39, 0.29) is 11.9 Å². The number of carbonyl (C=O) groups excluding carboxylic acids is 1. The van der Waals surface area contributed by atoms with E-state index in [0.717, 1.165) is 5.56 Å². The van der Waals surface area contributed by atoms with Gasteiger partial charge in [0.05, 0.1) is 11.8 Å². The Morgan fingerprint density at radius 3 is 2.50 bits per heavy atom. The van der Waals surface area contributed by atoms with Crippen molar-refractivity contribution in [3.05, 3.63) is 35.9 Å². The first kappa shape index (κ1) is 12.2. The maximum Gasteiger partial charge on any atom is 0.217 e. The van der Waals surface area contributed by atoms with E-state index in [1.807, 2.05) is 30.3 Å². The van der Waals surface area contributed by atoms with Crippen molar-refractivity contribution < 1.29 is 10.0 Å². The van der Waals surface area contributed by atoms with E-state index in [1.165, 1.54) is 6.92 Å². The molecular weight excluding hydrogens is 204 g/mol. The molecule has 0 saturated carbocycles. The van der Waals surface area contributed by atoms with E-state index >= 15 is 0 Å². The fourth-order valence-corrected chi connectivity index (χ4v) is 1.47. The third-order valence-corrected chi connectivity index (χ3v) is 2.32. The van der Waals surface area contributed by atoms with Crippen molar-refractivity contribution in [1.29, 1.82) is 0 Å². The summed E-state index contributed by atoms with van der Waals surface area (Å²) >= 11 is 0. The van der Waals surface area contributed by atoms with Gasteiger partial charge in [-0.25, -0.2) is 0 Å². The molecule has 4 heteroatoms. The van der Waals surface area contributed by atoms with Crippen LogP contribution in [0.25, 0.3) is 0 Å². The quantitative estimate of drug-likeness (QED) is 0.460. The molecule has 0 heterocycles. The van der Waals surface area contributed by atoms with Crippen molar-refractivity contribution in [2.24, 2.45) is 5.16 Å². The second-order valence-corrected chi connectivity index (χ2v) is 3.68. The van der Waals surface area contributed by atoms with Crippen LogP contribution in [0.15, 0.2) is 35.5 Å². The minimum absolute atomic E-state index is 0.135. The monoisotopic (exact) mass is 220 g/mol. The van der Waals surface area contributed by atoms with Crippen LogP contribution in [-0.4, -0.2) is 22.9 Å². The Hall–Kier alpha value is -1.84. The van der Waals surface area contributed by atoms with Crippen LogP contribution in [0.5, 0.6) is 0 Å². The average Bonchev–Trinajstić information content (AvgIpc) is 2.28. The zero-order chi connectivity index (χ0) is 12.0. The fraction of sp³-hybridized carbons (Fsp3) is 0.333.